The zero-order chi connectivity index (χ0) is 15.1. The van der Waals surface area contributed by atoms with Gasteiger partial charge >= 0.3 is 5.97 Å². The Morgan fingerprint density at radius 1 is 1.14 bits per heavy atom. The van der Waals surface area contributed by atoms with Crippen molar-refractivity contribution in [1.82, 2.24) is 4.90 Å². The van der Waals surface area contributed by atoms with E-state index in [-0.39, 0.29) is 18.4 Å². The first kappa shape index (κ1) is 19.0. The number of nitrogens with zero attached hydrogens (tertiary/aromatic N) is 1. The molecule has 1 fully saturated rings. The molecule has 124 valence electrons. The second-order valence-corrected chi connectivity index (χ2v) is 5.82. The second-order valence-electron chi connectivity index (χ2n) is 5.82. The van der Waals surface area contributed by atoms with E-state index in [0.29, 0.717) is 6.61 Å². The van der Waals surface area contributed by atoms with Gasteiger partial charge in [0.2, 0.25) is 0 Å². The maximum absolute atomic E-state index is 12.7. The molecule has 2 rings (SSSR count). The molecule has 22 heavy (non-hydrogen) atoms. The summed E-state index contributed by atoms with van der Waals surface area (Å²) < 4.78 is 5.64. The van der Waals surface area contributed by atoms with Crippen molar-refractivity contribution in [3.05, 3.63) is 35.9 Å². The molecule has 0 bridgehead atoms. The van der Waals surface area contributed by atoms with Crippen LogP contribution in [0.5, 0.6) is 0 Å². The highest BCUT2D eigenvalue weighted by atomic mass is 35.5. The summed E-state index contributed by atoms with van der Waals surface area (Å²) in [6.45, 7) is 7.58. The van der Waals surface area contributed by atoms with Crippen molar-refractivity contribution < 1.29 is 9.53 Å². The van der Waals surface area contributed by atoms with Gasteiger partial charge in [-0.15, -0.1) is 12.4 Å². The Bertz CT molecular complexity index is 440. The maximum atomic E-state index is 12.7. The third kappa shape index (κ3) is 4.23. The molecular weight excluding hydrogens is 298 g/mol. The van der Waals surface area contributed by atoms with Gasteiger partial charge in [0.25, 0.3) is 0 Å². The zero-order valence-electron chi connectivity index (χ0n) is 13.7. The number of benzene rings is 1. The molecule has 0 radical (unpaired) electrons. The number of hydrogen-bond donors (Lipinski definition) is 0. The average Bonchev–Trinajstić information content (AvgIpc) is 3.03. The van der Waals surface area contributed by atoms with Crippen LogP contribution in [0.4, 0.5) is 0 Å². The monoisotopic (exact) mass is 325 g/mol. The van der Waals surface area contributed by atoms with Crippen molar-refractivity contribution in [2.24, 2.45) is 0 Å². The molecule has 4 heteroatoms. The standard InChI is InChI=1S/C18H27NO2.ClH/c1-3-19(4-2)14-15-21-17(20)18(12-8-9-13-18)16-10-6-5-7-11-16;/h5-7,10-11H,3-4,8-9,12-15H2,1-2H3;1H. The number of esters is 1. The van der Waals surface area contributed by atoms with E-state index in [1.807, 2.05) is 18.2 Å². The largest absolute Gasteiger partial charge is 0.464 e. The van der Waals surface area contributed by atoms with Gasteiger partial charge in [-0.1, -0.05) is 57.0 Å². The molecular formula is C18H28ClNO2. The molecule has 0 heterocycles. The van der Waals surface area contributed by atoms with Gasteiger partial charge in [-0.25, -0.2) is 0 Å². The van der Waals surface area contributed by atoms with Crippen LogP contribution in [0.15, 0.2) is 30.3 Å². The predicted octanol–water partition coefficient (Wildman–Crippen LogP) is 3.81. The van der Waals surface area contributed by atoms with Crippen LogP contribution in [0.1, 0.15) is 45.1 Å². The highest BCUT2D eigenvalue weighted by molar-refractivity contribution is 5.85. The van der Waals surface area contributed by atoms with E-state index in [9.17, 15) is 4.79 Å². The van der Waals surface area contributed by atoms with Gasteiger partial charge < -0.3 is 9.64 Å². The maximum Gasteiger partial charge on any atom is 0.316 e. The second kappa shape index (κ2) is 9.16. The molecule has 1 aliphatic carbocycles. The average molecular weight is 326 g/mol. The van der Waals surface area contributed by atoms with Crippen LogP contribution in [0.2, 0.25) is 0 Å². The smallest absolute Gasteiger partial charge is 0.316 e. The van der Waals surface area contributed by atoms with Crippen LogP contribution in [0.3, 0.4) is 0 Å². The lowest BCUT2D eigenvalue weighted by Gasteiger charge is -2.28. The molecule has 0 aromatic heterocycles. The van der Waals surface area contributed by atoms with Gasteiger partial charge in [-0.2, -0.15) is 0 Å². The summed E-state index contributed by atoms with van der Waals surface area (Å²) in [5, 5.41) is 0. The van der Waals surface area contributed by atoms with Crippen molar-refractivity contribution >= 4 is 18.4 Å². The third-order valence-corrected chi connectivity index (χ3v) is 4.71. The van der Waals surface area contributed by atoms with E-state index >= 15 is 0 Å². The Morgan fingerprint density at radius 2 is 1.73 bits per heavy atom. The number of likely N-dealkylation sites (N-methyl/N-ethyl adjacent to an activating group) is 1. The highest BCUT2D eigenvalue weighted by Gasteiger charge is 2.43. The first-order valence-electron chi connectivity index (χ1n) is 8.18. The number of rotatable bonds is 7. The lowest BCUT2D eigenvalue weighted by molar-refractivity contribution is -0.151. The normalized spacial score (nSPS) is 16.3. The minimum absolute atomic E-state index is 0. The molecule has 1 aliphatic rings. The van der Waals surface area contributed by atoms with Gasteiger partial charge in [0.15, 0.2) is 0 Å². The molecule has 0 saturated heterocycles. The van der Waals surface area contributed by atoms with Crippen molar-refractivity contribution in [3.8, 4) is 0 Å². The number of halogens is 1. The van der Waals surface area contributed by atoms with Crippen LogP contribution < -0.4 is 0 Å². The van der Waals surface area contributed by atoms with E-state index in [0.717, 1.165) is 50.9 Å². The van der Waals surface area contributed by atoms with Crippen LogP contribution in [0.25, 0.3) is 0 Å². The van der Waals surface area contributed by atoms with Crippen molar-refractivity contribution in [2.45, 2.75) is 44.9 Å². The number of carbonyl (C=O) groups is 1. The van der Waals surface area contributed by atoms with Gasteiger partial charge in [0, 0.05) is 6.54 Å². The molecule has 0 aliphatic heterocycles. The quantitative estimate of drug-likeness (QED) is 0.714. The summed E-state index contributed by atoms with van der Waals surface area (Å²) in [7, 11) is 0. The molecule has 0 spiro atoms. The fraction of sp³-hybridized carbons (Fsp3) is 0.611. The first-order valence-corrected chi connectivity index (χ1v) is 8.18. The summed E-state index contributed by atoms with van der Waals surface area (Å²) in [5.41, 5.74) is 0.722. The molecule has 0 amide bonds. The third-order valence-electron chi connectivity index (χ3n) is 4.71. The summed E-state index contributed by atoms with van der Waals surface area (Å²) in [6.07, 6.45) is 4.06. The summed E-state index contributed by atoms with van der Waals surface area (Å²) in [4.78, 5) is 15.0. The number of ether oxygens (including phenoxy) is 1. The number of carbonyl (C=O) groups excluding carboxylic acids is 1. The SMILES string of the molecule is CCN(CC)CCOC(=O)C1(c2ccccc2)CCCC1.Cl. The summed E-state index contributed by atoms with van der Waals surface area (Å²) >= 11 is 0. The van der Waals surface area contributed by atoms with Gasteiger partial charge in [0.1, 0.15) is 6.61 Å². The number of hydrogen-bond acceptors (Lipinski definition) is 3. The minimum Gasteiger partial charge on any atom is -0.464 e. The van der Waals surface area contributed by atoms with E-state index in [1.54, 1.807) is 0 Å². The van der Waals surface area contributed by atoms with Crippen LogP contribution in [0, 0.1) is 0 Å². The predicted molar refractivity (Wildman–Crippen MR) is 92.6 cm³/mol. The van der Waals surface area contributed by atoms with Crippen molar-refractivity contribution in [3.63, 3.8) is 0 Å². The van der Waals surface area contributed by atoms with Gasteiger partial charge in [-0.05, 0) is 31.5 Å². The van der Waals surface area contributed by atoms with E-state index in [4.69, 9.17) is 4.74 Å². The Labute approximate surface area is 140 Å². The van der Waals surface area contributed by atoms with Crippen LogP contribution >= 0.6 is 12.4 Å². The van der Waals surface area contributed by atoms with Crippen molar-refractivity contribution in [2.75, 3.05) is 26.2 Å². The Morgan fingerprint density at radius 3 is 2.27 bits per heavy atom. The van der Waals surface area contributed by atoms with Gasteiger partial charge in [-0.3, -0.25) is 4.79 Å². The molecule has 1 aromatic carbocycles. The molecule has 1 saturated carbocycles. The van der Waals surface area contributed by atoms with E-state index < -0.39 is 5.41 Å². The molecule has 3 nitrogen and oxygen atoms in total. The molecule has 0 N–H and O–H groups in total. The molecule has 0 atom stereocenters. The minimum atomic E-state index is -0.398. The molecule has 0 unspecified atom stereocenters. The lowest BCUT2D eigenvalue weighted by Crippen LogP contribution is -2.36. The summed E-state index contributed by atoms with van der Waals surface area (Å²) in [5.74, 6) is -0.0293. The fourth-order valence-electron chi connectivity index (χ4n) is 3.29. The molecule has 1 aromatic rings. The fourth-order valence-corrected chi connectivity index (χ4v) is 3.29. The van der Waals surface area contributed by atoms with Crippen LogP contribution in [-0.2, 0) is 14.9 Å². The Kier molecular flexibility index (Phi) is 7.91. The highest BCUT2D eigenvalue weighted by Crippen LogP contribution is 2.42. The van der Waals surface area contributed by atoms with Crippen LogP contribution in [-0.4, -0.2) is 37.1 Å². The van der Waals surface area contributed by atoms with E-state index in [2.05, 4.69) is 30.9 Å². The topological polar surface area (TPSA) is 29.5 Å². The van der Waals surface area contributed by atoms with Gasteiger partial charge in [0.05, 0.1) is 5.41 Å². The Hall–Kier alpha value is -1.06. The Balaban J connectivity index is 0.00000242. The zero-order valence-corrected chi connectivity index (χ0v) is 14.5. The lowest BCUT2D eigenvalue weighted by atomic mass is 9.79. The van der Waals surface area contributed by atoms with E-state index in [1.165, 1.54) is 0 Å². The first-order chi connectivity index (χ1) is 10.2. The summed E-state index contributed by atoms with van der Waals surface area (Å²) in [6, 6.07) is 10.2. The van der Waals surface area contributed by atoms with Crippen molar-refractivity contribution in [1.29, 1.82) is 0 Å².